The van der Waals surface area contributed by atoms with E-state index in [9.17, 15) is 9.59 Å². The summed E-state index contributed by atoms with van der Waals surface area (Å²) >= 11 is 0. The van der Waals surface area contributed by atoms with Crippen LogP contribution in [0, 0.1) is 0 Å². The van der Waals surface area contributed by atoms with E-state index >= 15 is 0 Å². The molecule has 0 bridgehead atoms. The van der Waals surface area contributed by atoms with Crippen LogP contribution in [0.25, 0.3) is 0 Å². The van der Waals surface area contributed by atoms with E-state index in [1.807, 2.05) is 26.0 Å². The Hall–Kier alpha value is -2.04. The average Bonchev–Trinajstić information content (AvgIpc) is 2.45. The molecule has 0 heterocycles. The topological polar surface area (TPSA) is 64.6 Å². The maximum absolute atomic E-state index is 11.8. The summed E-state index contributed by atoms with van der Waals surface area (Å²) in [5, 5.41) is 2.74. The van der Waals surface area contributed by atoms with Crippen molar-refractivity contribution in [2.75, 3.05) is 11.9 Å². The lowest BCUT2D eigenvalue weighted by Crippen LogP contribution is -2.15. The summed E-state index contributed by atoms with van der Waals surface area (Å²) in [6.07, 6.45) is 1.23. The molecule has 1 amide bonds. The lowest BCUT2D eigenvalue weighted by atomic mass is 10.2. The van der Waals surface area contributed by atoms with E-state index in [2.05, 4.69) is 5.32 Å². The van der Waals surface area contributed by atoms with Gasteiger partial charge in [-0.15, -0.1) is 0 Å². The van der Waals surface area contributed by atoms with Gasteiger partial charge >= 0.3 is 5.97 Å². The van der Waals surface area contributed by atoms with Crippen molar-refractivity contribution >= 4 is 17.6 Å². The summed E-state index contributed by atoms with van der Waals surface area (Å²) in [6, 6.07) is 7.22. The average molecular weight is 293 g/mol. The fourth-order valence-corrected chi connectivity index (χ4v) is 1.64. The van der Waals surface area contributed by atoms with Gasteiger partial charge in [0.05, 0.1) is 19.1 Å². The molecule has 0 spiro atoms. The third kappa shape index (κ3) is 6.79. The van der Waals surface area contributed by atoms with Crippen molar-refractivity contribution in [3.63, 3.8) is 0 Å². The second kappa shape index (κ2) is 9.00. The monoisotopic (exact) mass is 293 g/mol. The maximum Gasteiger partial charge on any atom is 0.306 e. The quantitative estimate of drug-likeness (QED) is 0.748. The van der Waals surface area contributed by atoms with Crippen molar-refractivity contribution in [2.24, 2.45) is 0 Å². The van der Waals surface area contributed by atoms with Gasteiger partial charge in [0.1, 0.15) is 5.75 Å². The van der Waals surface area contributed by atoms with E-state index in [1.54, 1.807) is 19.1 Å². The number of carbonyl (C=O) groups is 2. The van der Waals surface area contributed by atoms with E-state index in [1.165, 1.54) is 0 Å². The molecule has 1 aromatic rings. The molecule has 1 unspecified atom stereocenters. The minimum Gasteiger partial charge on any atom is -0.491 e. The summed E-state index contributed by atoms with van der Waals surface area (Å²) in [4.78, 5) is 22.9. The number of carbonyl (C=O) groups excluding carboxylic acids is 2. The molecule has 0 aliphatic carbocycles. The molecule has 1 rings (SSSR count). The number of rotatable bonds is 8. The lowest BCUT2D eigenvalue weighted by molar-refractivity contribution is -0.144. The molecule has 21 heavy (non-hydrogen) atoms. The highest BCUT2D eigenvalue weighted by atomic mass is 16.5. The largest absolute Gasteiger partial charge is 0.491 e. The van der Waals surface area contributed by atoms with Gasteiger partial charge < -0.3 is 14.8 Å². The number of hydrogen-bond donors (Lipinski definition) is 1. The number of anilines is 1. The summed E-state index contributed by atoms with van der Waals surface area (Å²) in [5.74, 6) is 0.137. The molecule has 0 saturated carbocycles. The first-order valence-electron chi connectivity index (χ1n) is 7.27. The van der Waals surface area contributed by atoms with Crippen molar-refractivity contribution < 1.29 is 19.1 Å². The first kappa shape index (κ1) is 17.0. The van der Waals surface area contributed by atoms with Gasteiger partial charge in [-0.25, -0.2) is 0 Å². The van der Waals surface area contributed by atoms with Gasteiger partial charge in [-0.05, 0) is 32.4 Å². The van der Waals surface area contributed by atoms with Gasteiger partial charge in [-0.3, -0.25) is 9.59 Å². The molecule has 0 aromatic heterocycles. The zero-order valence-corrected chi connectivity index (χ0v) is 12.8. The lowest BCUT2D eigenvalue weighted by Gasteiger charge is -2.13. The van der Waals surface area contributed by atoms with Crippen LogP contribution in [0.4, 0.5) is 5.69 Å². The van der Waals surface area contributed by atoms with E-state index in [4.69, 9.17) is 9.47 Å². The highest BCUT2D eigenvalue weighted by Gasteiger charge is 2.08. The molecule has 0 aliphatic rings. The molecule has 5 heteroatoms. The minimum atomic E-state index is -0.360. The van der Waals surface area contributed by atoms with Crippen LogP contribution < -0.4 is 10.1 Å². The zero-order chi connectivity index (χ0) is 15.7. The Morgan fingerprint density at radius 2 is 2.00 bits per heavy atom. The van der Waals surface area contributed by atoms with Gasteiger partial charge in [0.15, 0.2) is 0 Å². The van der Waals surface area contributed by atoms with Crippen molar-refractivity contribution in [3.8, 4) is 5.75 Å². The molecule has 0 aliphatic heterocycles. The third-order valence-corrected chi connectivity index (χ3v) is 2.89. The van der Waals surface area contributed by atoms with Crippen LogP contribution in [0.15, 0.2) is 24.3 Å². The van der Waals surface area contributed by atoms with E-state index in [0.717, 1.165) is 6.42 Å². The van der Waals surface area contributed by atoms with E-state index < -0.39 is 0 Å². The number of benzene rings is 1. The third-order valence-electron chi connectivity index (χ3n) is 2.89. The van der Waals surface area contributed by atoms with Gasteiger partial charge in [0.25, 0.3) is 0 Å². The van der Waals surface area contributed by atoms with Gasteiger partial charge in [0.2, 0.25) is 5.91 Å². The van der Waals surface area contributed by atoms with Crippen molar-refractivity contribution in [2.45, 2.75) is 46.1 Å². The molecular weight excluding hydrogens is 270 g/mol. The standard InChI is InChI=1S/C16H23NO4/c1-4-12(3)21-14-8-6-7-13(11-14)17-15(18)9-10-16(19)20-5-2/h6-8,11-12H,4-5,9-10H2,1-3H3,(H,17,18). The van der Waals surface area contributed by atoms with Crippen molar-refractivity contribution in [1.82, 2.24) is 0 Å². The predicted octanol–water partition coefficient (Wildman–Crippen LogP) is 3.15. The molecule has 0 saturated heterocycles. The summed E-state index contributed by atoms with van der Waals surface area (Å²) in [7, 11) is 0. The molecule has 1 N–H and O–H groups in total. The molecule has 0 radical (unpaired) electrons. The number of nitrogens with one attached hydrogen (secondary N) is 1. The van der Waals surface area contributed by atoms with Gasteiger partial charge in [0, 0.05) is 18.2 Å². The van der Waals surface area contributed by atoms with Crippen LogP contribution in [-0.4, -0.2) is 24.6 Å². The van der Waals surface area contributed by atoms with Crippen molar-refractivity contribution in [3.05, 3.63) is 24.3 Å². The van der Waals surface area contributed by atoms with Crippen molar-refractivity contribution in [1.29, 1.82) is 0 Å². The number of hydrogen-bond acceptors (Lipinski definition) is 4. The molecule has 1 atom stereocenters. The normalized spacial score (nSPS) is 11.6. The van der Waals surface area contributed by atoms with Crippen LogP contribution in [0.1, 0.15) is 40.0 Å². The Morgan fingerprint density at radius 1 is 1.24 bits per heavy atom. The van der Waals surface area contributed by atoms with Crippen LogP contribution in [0.3, 0.4) is 0 Å². The Bertz CT molecular complexity index is 473. The number of esters is 1. The number of ether oxygens (including phenoxy) is 2. The summed E-state index contributed by atoms with van der Waals surface area (Å²) in [6.45, 7) is 6.10. The number of amides is 1. The molecular formula is C16H23NO4. The molecule has 116 valence electrons. The Balaban J connectivity index is 2.48. The smallest absolute Gasteiger partial charge is 0.306 e. The minimum absolute atomic E-state index is 0.0860. The second-order valence-corrected chi connectivity index (χ2v) is 4.72. The second-order valence-electron chi connectivity index (χ2n) is 4.72. The zero-order valence-electron chi connectivity index (χ0n) is 12.8. The molecule has 0 fully saturated rings. The fraction of sp³-hybridized carbons (Fsp3) is 0.500. The maximum atomic E-state index is 11.8. The van der Waals surface area contributed by atoms with Crippen LogP contribution in [0.5, 0.6) is 5.75 Å². The van der Waals surface area contributed by atoms with Crippen LogP contribution in [0.2, 0.25) is 0 Å². The SMILES string of the molecule is CCOC(=O)CCC(=O)Nc1cccc(OC(C)CC)c1. The first-order chi connectivity index (χ1) is 10.0. The van der Waals surface area contributed by atoms with Crippen LogP contribution >= 0.6 is 0 Å². The fourth-order valence-electron chi connectivity index (χ4n) is 1.64. The Kier molecular flexibility index (Phi) is 7.29. The Morgan fingerprint density at radius 3 is 2.67 bits per heavy atom. The first-order valence-corrected chi connectivity index (χ1v) is 7.27. The predicted molar refractivity (Wildman–Crippen MR) is 81.3 cm³/mol. The molecule has 1 aromatic carbocycles. The molecule has 5 nitrogen and oxygen atoms in total. The van der Waals surface area contributed by atoms with E-state index in [0.29, 0.717) is 18.0 Å². The summed E-state index contributed by atoms with van der Waals surface area (Å²) in [5.41, 5.74) is 0.657. The van der Waals surface area contributed by atoms with E-state index in [-0.39, 0.29) is 30.8 Å². The Labute approximate surface area is 125 Å². The summed E-state index contributed by atoms with van der Waals surface area (Å²) < 4.78 is 10.5. The highest BCUT2D eigenvalue weighted by molar-refractivity contribution is 5.92. The van der Waals surface area contributed by atoms with Gasteiger partial charge in [-0.2, -0.15) is 0 Å². The van der Waals surface area contributed by atoms with Crippen LogP contribution in [-0.2, 0) is 14.3 Å². The highest BCUT2D eigenvalue weighted by Crippen LogP contribution is 2.19. The van der Waals surface area contributed by atoms with Gasteiger partial charge in [-0.1, -0.05) is 13.0 Å².